The van der Waals surface area contributed by atoms with E-state index in [9.17, 15) is 31.1 Å². The smallest absolute Gasteiger partial charge is 0.371 e. The molecular formula is C10H14F6O2. The first-order valence-corrected chi connectivity index (χ1v) is 5.16. The molecule has 2 nitrogen and oxygen atoms in total. The van der Waals surface area contributed by atoms with Gasteiger partial charge in [0.25, 0.3) is 0 Å². The Kier molecular flexibility index (Phi) is 5.07. The van der Waals surface area contributed by atoms with Crippen LogP contribution in [-0.4, -0.2) is 29.8 Å². The van der Waals surface area contributed by atoms with Crippen molar-refractivity contribution in [2.45, 2.75) is 57.5 Å². The zero-order chi connectivity index (χ0) is 14.8. The van der Waals surface area contributed by atoms with E-state index in [-0.39, 0.29) is 13.3 Å². The van der Waals surface area contributed by atoms with Gasteiger partial charge in [0.05, 0.1) is 6.42 Å². The van der Waals surface area contributed by atoms with Gasteiger partial charge in [-0.3, -0.25) is 4.79 Å². The van der Waals surface area contributed by atoms with E-state index in [0.29, 0.717) is 0 Å². The highest BCUT2D eigenvalue weighted by Gasteiger charge is 2.69. The molecule has 1 atom stereocenters. The molecule has 0 fully saturated rings. The van der Waals surface area contributed by atoms with Gasteiger partial charge in [-0.15, -0.1) is 0 Å². The van der Waals surface area contributed by atoms with E-state index in [4.69, 9.17) is 0 Å². The molecule has 0 aliphatic carbocycles. The van der Waals surface area contributed by atoms with E-state index in [1.165, 1.54) is 6.92 Å². The number of ether oxygens (including phenoxy) is 1. The fraction of sp³-hybridized carbons (Fsp3) is 0.900. The van der Waals surface area contributed by atoms with Gasteiger partial charge in [-0.25, -0.2) is 0 Å². The van der Waals surface area contributed by atoms with Crippen LogP contribution in [0.4, 0.5) is 26.3 Å². The van der Waals surface area contributed by atoms with Gasteiger partial charge >= 0.3 is 23.7 Å². The molecule has 0 bridgehead atoms. The van der Waals surface area contributed by atoms with Crippen molar-refractivity contribution in [3.63, 3.8) is 0 Å². The molecule has 0 aliphatic heterocycles. The Morgan fingerprint density at radius 1 is 1.17 bits per heavy atom. The number of alkyl halides is 6. The lowest BCUT2D eigenvalue weighted by atomic mass is 9.99. The number of halogens is 6. The minimum atomic E-state index is -5.51. The number of carbonyl (C=O) groups excluding carboxylic acids is 1. The van der Waals surface area contributed by atoms with Crippen LogP contribution in [0.15, 0.2) is 0 Å². The summed E-state index contributed by atoms with van der Waals surface area (Å²) in [7, 11) is 0. The van der Waals surface area contributed by atoms with E-state index in [0.717, 1.165) is 6.92 Å². The molecule has 0 saturated carbocycles. The second-order valence-electron chi connectivity index (χ2n) is 4.01. The van der Waals surface area contributed by atoms with Crippen molar-refractivity contribution in [1.82, 2.24) is 0 Å². The van der Waals surface area contributed by atoms with Crippen molar-refractivity contribution in [2.75, 3.05) is 0 Å². The summed E-state index contributed by atoms with van der Waals surface area (Å²) in [4.78, 5) is 10.5. The van der Waals surface area contributed by atoms with Crippen LogP contribution < -0.4 is 0 Å². The van der Waals surface area contributed by atoms with Gasteiger partial charge in [-0.2, -0.15) is 26.3 Å². The van der Waals surface area contributed by atoms with Crippen LogP contribution in [0.2, 0.25) is 0 Å². The summed E-state index contributed by atoms with van der Waals surface area (Å²) in [5.41, 5.74) is 0. The molecule has 0 aromatic carbocycles. The van der Waals surface area contributed by atoms with Crippen molar-refractivity contribution in [3.05, 3.63) is 0 Å². The molecule has 0 aromatic rings. The monoisotopic (exact) mass is 280 g/mol. The van der Waals surface area contributed by atoms with Gasteiger partial charge in [0.15, 0.2) is 0 Å². The highest BCUT2D eigenvalue weighted by atomic mass is 19.3. The molecule has 0 aliphatic rings. The highest BCUT2D eigenvalue weighted by molar-refractivity contribution is 5.66. The molecule has 0 aromatic heterocycles. The molecule has 0 N–H and O–H groups in total. The topological polar surface area (TPSA) is 26.3 Å². The standard InChI is InChI=1S/C10H14F6O2/c1-4-7(18-6(2)17)5-9(13,14)10(15,16)8(3,11)12/h7H,4-5H2,1-3H3. The number of hydrogen-bond donors (Lipinski definition) is 0. The zero-order valence-electron chi connectivity index (χ0n) is 10.1. The van der Waals surface area contributed by atoms with E-state index in [1.807, 2.05) is 0 Å². The molecule has 0 heterocycles. The van der Waals surface area contributed by atoms with E-state index in [2.05, 4.69) is 4.74 Å². The molecule has 0 spiro atoms. The van der Waals surface area contributed by atoms with E-state index >= 15 is 0 Å². The van der Waals surface area contributed by atoms with Crippen molar-refractivity contribution in [3.8, 4) is 0 Å². The predicted molar refractivity (Wildman–Crippen MR) is 51.0 cm³/mol. The number of hydrogen-bond acceptors (Lipinski definition) is 2. The molecule has 8 heteroatoms. The summed E-state index contributed by atoms with van der Waals surface area (Å²) in [6.07, 6.45) is -3.37. The highest BCUT2D eigenvalue weighted by Crippen LogP contribution is 2.47. The third kappa shape index (κ3) is 3.78. The Morgan fingerprint density at radius 3 is 1.89 bits per heavy atom. The normalized spacial score (nSPS) is 15.4. The van der Waals surface area contributed by atoms with Gasteiger partial charge in [0.1, 0.15) is 6.10 Å². The minimum absolute atomic E-state index is 0.180. The maximum atomic E-state index is 13.2. The number of rotatable bonds is 6. The zero-order valence-corrected chi connectivity index (χ0v) is 10.1. The van der Waals surface area contributed by atoms with Gasteiger partial charge in [0.2, 0.25) is 0 Å². The van der Waals surface area contributed by atoms with Gasteiger partial charge in [0, 0.05) is 13.8 Å². The molecule has 108 valence electrons. The van der Waals surface area contributed by atoms with Crippen LogP contribution in [0, 0.1) is 0 Å². The lowest BCUT2D eigenvalue weighted by Crippen LogP contribution is -2.54. The molecule has 0 radical (unpaired) electrons. The fourth-order valence-electron chi connectivity index (χ4n) is 1.24. The number of esters is 1. The van der Waals surface area contributed by atoms with Crippen LogP contribution in [0.5, 0.6) is 0 Å². The molecule has 1 unspecified atom stereocenters. The maximum Gasteiger partial charge on any atom is 0.371 e. The molecular weight excluding hydrogens is 266 g/mol. The predicted octanol–water partition coefficient (Wildman–Crippen LogP) is 3.64. The van der Waals surface area contributed by atoms with Gasteiger partial charge < -0.3 is 4.74 Å². The Hall–Kier alpha value is -0.950. The maximum absolute atomic E-state index is 13.2. The largest absolute Gasteiger partial charge is 0.462 e. The summed E-state index contributed by atoms with van der Waals surface area (Å²) < 4.78 is 81.4. The third-order valence-corrected chi connectivity index (χ3v) is 2.28. The number of carbonyl (C=O) groups is 1. The first-order chi connectivity index (χ1) is 7.85. The summed E-state index contributed by atoms with van der Waals surface area (Å²) in [5, 5.41) is 0. The second kappa shape index (κ2) is 5.36. The summed E-state index contributed by atoms with van der Waals surface area (Å²) in [5.74, 6) is -16.3. The van der Waals surface area contributed by atoms with Gasteiger partial charge in [-0.1, -0.05) is 6.92 Å². The van der Waals surface area contributed by atoms with Crippen LogP contribution >= 0.6 is 0 Å². The van der Waals surface area contributed by atoms with Crippen LogP contribution in [0.3, 0.4) is 0 Å². The van der Waals surface area contributed by atoms with Crippen LogP contribution in [0.1, 0.15) is 33.6 Å². The van der Waals surface area contributed by atoms with E-state index in [1.54, 1.807) is 0 Å². The van der Waals surface area contributed by atoms with Gasteiger partial charge in [-0.05, 0) is 6.42 Å². The summed E-state index contributed by atoms with van der Waals surface area (Å²) in [6, 6.07) is 0. The molecule has 0 amide bonds. The van der Waals surface area contributed by atoms with Crippen molar-refractivity contribution < 1.29 is 35.9 Å². The fourth-order valence-corrected chi connectivity index (χ4v) is 1.24. The molecule has 0 saturated heterocycles. The quantitative estimate of drug-likeness (QED) is 0.548. The van der Waals surface area contributed by atoms with Crippen molar-refractivity contribution in [2.24, 2.45) is 0 Å². The second-order valence-corrected chi connectivity index (χ2v) is 4.01. The first-order valence-electron chi connectivity index (χ1n) is 5.16. The summed E-state index contributed by atoms with van der Waals surface area (Å²) in [6.45, 7) is 1.94. The summed E-state index contributed by atoms with van der Waals surface area (Å²) >= 11 is 0. The average Bonchev–Trinajstić information content (AvgIpc) is 2.13. The third-order valence-electron chi connectivity index (χ3n) is 2.28. The van der Waals surface area contributed by atoms with Crippen LogP contribution in [-0.2, 0) is 9.53 Å². The van der Waals surface area contributed by atoms with E-state index < -0.39 is 36.3 Å². The minimum Gasteiger partial charge on any atom is -0.462 e. The molecule has 18 heavy (non-hydrogen) atoms. The Morgan fingerprint density at radius 2 is 1.61 bits per heavy atom. The average molecular weight is 280 g/mol. The first kappa shape index (κ1) is 17.1. The van der Waals surface area contributed by atoms with Crippen LogP contribution in [0.25, 0.3) is 0 Å². The SMILES string of the molecule is CCC(CC(F)(F)C(F)(F)C(C)(F)F)OC(C)=O. The lowest BCUT2D eigenvalue weighted by molar-refractivity contribution is -0.308. The Labute approximate surface area is 100 Å². The molecule has 0 rings (SSSR count). The Balaban J connectivity index is 4.98. The lowest BCUT2D eigenvalue weighted by Gasteiger charge is -2.32. The Bertz CT molecular complexity index is 297. The van der Waals surface area contributed by atoms with Crippen molar-refractivity contribution >= 4 is 5.97 Å². The van der Waals surface area contributed by atoms with Crippen molar-refractivity contribution in [1.29, 1.82) is 0 Å².